The van der Waals surface area contributed by atoms with Crippen molar-refractivity contribution in [2.45, 2.75) is 33.0 Å². The van der Waals surface area contributed by atoms with Gasteiger partial charge in [0.25, 0.3) is 5.91 Å². The number of carboxylic acids is 1. The van der Waals surface area contributed by atoms with E-state index in [-0.39, 0.29) is 24.2 Å². The Morgan fingerprint density at radius 1 is 1.16 bits per heavy atom. The third-order valence-corrected chi connectivity index (χ3v) is 6.34. The van der Waals surface area contributed by atoms with Crippen LogP contribution in [0.3, 0.4) is 0 Å². The summed E-state index contributed by atoms with van der Waals surface area (Å²) in [5, 5.41) is 10.3. The lowest BCUT2D eigenvalue weighted by atomic mass is 10.1. The number of sulfonamides is 1. The van der Waals surface area contributed by atoms with Gasteiger partial charge < -0.3 is 15.3 Å². The van der Waals surface area contributed by atoms with Crippen LogP contribution >= 0.6 is 0 Å². The second kappa shape index (κ2) is 11.4. The number of halogens is 3. The van der Waals surface area contributed by atoms with Crippen LogP contribution in [0.5, 0.6) is 0 Å². The number of nitrogens with zero attached hydrogens (tertiary/aromatic N) is 2. The number of amides is 1. The zero-order valence-corrected chi connectivity index (χ0v) is 18.5. The number of alkyl halides is 3. The van der Waals surface area contributed by atoms with Crippen molar-refractivity contribution in [3.63, 3.8) is 0 Å². The van der Waals surface area contributed by atoms with E-state index < -0.39 is 22.2 Å². The van der Waals surface area contributed by atoms with Gasteiger partial charge in [0.1, 0.15) is 0 Å². The van der Waals surface area contributed by atoms with Gasteiger partial charge in [-0.1, -0.05) is 17.7 Å². The van der Waals surface area contributed by atoms with Crippen LogP contribution in [-0.4, -0.2) is 85.3 Å². The summed E-state index contributed by atoms with van der Waals surface area (Å²) < 4.78 is 58.2. The summed E-state index contributed by atoms with van der Waals surface area (Å²) in [5.41, 5.74) is 1.68. The van der Waals surface area contributed by atoms with Crippen LogP contribution in [0.1, 0.15) is 29.8 Å². The van der Waals surface area contributed by atoms with Crippen molar-refractivity contribution in [3.8, 4) is 0 Å². The summed E-state index contributed by atoms with van der Waals surface area (Å²) >= 11 is 0. The Labute approximate surface area is 180 Å². The first kappa shape index (κ1) is 26.9. The number of carbonyl (C=O) groups excluding carboxylic acids is 1. The van der Waals surface area contributed by atoms with Crippen LogP contribution < -0.4 is 5.32 Å². The summed E-state index contributed by atoms with van der Waals surface area (Å²) in [6.07, 6.45) is -5.08. The molecule has 2 N–H and O–H groups in total. The molecule has 0 bridgehead atoms. The van der Waals surface area contributed by atoms with Crippen molar-refractivity contribution in [3.05, 3.63) is 35.4 Å². The Morgan fingerprint density at radius 3 is 2.06 bits per heavy atom. The van der Waals surface area contributed by atoms with Crippen LogP contribution in [0.2, 0.25) is 0 Å². The van der Waals surface area contributed by atoms with E-state index in [4.69, 9.17) is 9.90 Å². The Hall–Kier alpha value is -2.18. The van der Waals surface area contributed by atoms with Crippen LogP contribution in [0, 0.1) is 6.92 Å². The van der Waals surface area contributed by atoms with E-state index in [0.29, 0.717) is 31.7 Å². The van der Waals surface area contributed by atoms with E-state index in [9.17, 15) is 26.4 Å². The molecule has 1 fully saturated rings. The topological polar surface area (TPSA) is 107 Å². The lowest BCUT2D eigenvalue weighted by Crippen LogP contribution is -2.49. The van der Waals surface area contributed by atoms with E-state index in [1.807, 2.05) is 32.9 Å². The number of carboxylic acid groups (broad SMARTS) is 1. The van der Waals surface area contributed by atoms with Crippen molar-refractivity contribution in [1.29, 1.82) is 0 Å². The fourth-order valence-corrected chi connectivity index (χ4v) is 4.15. The van der Waals surface area contributed by atoms with Gasteiger partial charge in [-0.15, -0.1) is 0 Å². The van der Waals surface area contributed by atoms with E-state index in [1.54, 1.807) is 17.0 Å². The number of rotatable bonds is 6. The minimum atomic E-state index is -5.08. The highest BCUT2D eigenvalue weighted by Crippen LogP contribution is 2.13. The first-order chi connectivity index (χ1) is 14.3. The number of carbonyl (C=O) groups is 2. The lowest BCUT2D eigenvalue weighted by Gasteiger charge is -2.30. The maximum atomic E-state index is 12.7. The van der Waals surface area contributed by atoms with Gasteiger partial charge >= 0.3 is 12.1 Å². The monoisotopic (exact) mass is 467 g/mol. The largest absolute Gasteiger partial charge is 0.490 e. The molecule has 0 atom stereocenters. The predicted octanol–water partition coefficient (Wildman–Crippen LogP) is 1.71. The average molecular weight is 468 g/mol. The Kier molecular flexibility index (Phi) is 9.91. The molecule has 0 saturated carbocycles. The van der Waals surface area contributed by atoms with Gasteiger partial charge in [0.15, 0.2) is 0 Å². The number of hydrogen-bond acceptors (Lipinski definition) is 5. The molecule has 176 valence electrons. The highest BCUT2D eigenvalue weighted by Gasteiger charge is 2.38. The molecule has 1 heterocycles. The first-order valence-corrected chi connectivity index (χ1v) is 11.2. The zero-order valence-electron chi connectivity index (χ0n) is 17.6. The Balaban J connectivity index is 0.000000592. The lowest BCUT2D eigenvalue weighted by molar-refractivity contribution is -0.192. The second-order valence-electron chi connectivity index (χ2n) is 7.23. The second-order valence-corrected chi connectivity index (χ2v) is 9.31. The Morgan fingerprint density at radius 2 is 1.65 bits per heavy atom. The van der Waals surface area contributed by atoms with Crippen LogP contribution in [0.25, 0.3) is 0 Å². The minimum absolute atomic E-state index is 0.0389. The van der Waals surface area contributed by atoms with Crippen molar-refractivity contribution in [2.24, 2.45) is 0 Å². The molecule has 1 aliphatic heterocycles. The molecular formula is C19H28F3N3O5S. The fourth-order valence-electron chi connectivity index (χ4n) is 2.72. The quantitative estimate of drug-likeness (QED) is 0.660. The summed E-state index contributed by atoms with van der Waals surface area (Å²) in [6.45, 7) is 8.33. The van der Waals surface area contributed by atoms with Gasteiger partial charge in [0.05, 0.1) is 5.75 Å². The highest BCUT2D eigenvalue weighted by atomic mass is 32.2. The van der Waals surface area contributed by atoms with Crippen LogP contribution in [0.15, 0.2) is 24.3 Å². The van der Waals surface area contributed by atoms with Crippen LogP contribution in [-0.2, 0) is 14.8 Å². The molecule has 31 heavy (non-hydrogen) atoms. The number of aliphatic carboxylic acids is 1. The Bertz CT molecular complexity index is 836. The van der Waals surface area contributed by atoms with E-state index in [0.717, 1.165) is 5.56 Å². The predicted molar refractivity (Wildman–Crippen MR) is 109 cm³/mol. The third-order valence-electron chi connectivity index (χ3n) is 4.48. The minimum Gasteiger partial charge on any atom is -0.475 e. The maximum Gasteiger partial charge on any atom is 0.490 e. The molecule has 0 radical (unpaired) electrons. The van der Waals surface area contributed by atoms with Gasteiger partial charge in [-0.3, -0.25) is 4.79 Å². The summed E-state index contributed by atoms with van der Waals surface area (Å²) in [7, 11) is -3.33. The third kappa shape index (κ3) is 8.83. The molecule has 1 aromatic rings. The zero-order chi connectivity index (χ0) is 23.8. The number of nitrogens with one attached hydrogen (secondary N) is 1. The molecule has 1 aliphatic rings. The molecular weight excluding hydrogens is 439 g/mol. The molecule has 0 aromatic heterocycles. The molecule has 1 amide bonds. The normalized spacial score (nSPS) is 15.2. The highest BCUT2D eigenvalue weighted by molar-refractivity contribution is 7.89. The molecule has 2 rings (SSSR count). The number of aryl methyl sites for hydroxylation is 1. The summed E-state index contributed by atoms with van der Waals surface area (Å²) in [4.78, 5) is 23.2. The standard InChI is InChI=1S/C17H27N3O3S.C2HF3O2/c1-14(2)20(17(21)16-6-4-15(3)5-7-16)12-13-24(22,23)19-10-8-18-9-11-19;3-2(4,5)1(6)7/h4-7,14,18H,8-13H2,1-3H3;(H,6,7). The summed E-state index contributed by atoms with van der Waals surface area (Å²) in [5.74, 6) is -2.92. The van der Waals surface area contributed by atoms with E-state index >= 15 is 0 Å². The molecule has 0 spiro atoms. The first-order valence-electron chi connectivity index (χ1n) is 9.62. The molecule has 8 nitrogen and oxygen atoms in total. The van der Waals surface area contributed by atoms with Crippen LogP contribution in [0.4, 0.5) is 13.2 Å². The number of hydrogen-bond donors (Lipinski definition) is 2. The van der Waals surface area contributed by atoms with Crippen molar-refractivity contribution >= 4 is 21.9 Å². The average Bonchev–Trinajstić information content (AvgIpc) is 2.68. The molecule has 12 heteroatoms. The molecule has 0 unspecified atom stereocenters. The SMILES string of the molecule is Cc1ccc(C(=O)N(CCS(=O)(=O)N2CCNCC2)C(C)C)cc1.O=C(O)C(F)(F)F. The van der Waals surface area contributed by atoms with E-state index in [2.05, 4.69) is 5.32 Å². The fraction of sp³-hybridized carbons (Fsp3) is 0.579. The van der Waals surface area contributed by atoms with E-state index in [1.165, 1.54) is 4.31 Å². The van der Waals surface area contributed by atoms with Gasteiger partial charge in [-0.25, -0.2) is 13.2 Å². The van der Waals surface area contributed by atoms with Gasteiger partial charge in [-0.05, 0) is 32.9 Å². The van der Waals surface area contributed by atoms with Gasteiger partial charge in [0, 0.05) is 44.3 Å². The summed E-state index contributed by atoms with van der Waals surface area (Å²) in [6, 6.07) is 7.30. The number of piperazine rings is 1. The maximum absolute atomic E-state index is 12.7. The van der Waals surface area contributed by atoms with Crippen molar-refractivity contribution in [1.82, 2.24) is 14.5 Å². The molecule has 0 aliphatic carbocycles. The molecule has 1 aromatic carbocycles. The van der Waals surface area contributed by atoms with Gasteiger partial charge in [-0.2, -0.15) is 17.5 Å². The molecule has 1 saturated heterocycles. The smallest absolute Gasteiger partial charge is 0.475 e. The van der Waals surface area contributed by atoms with Crippen molar-refractivity contribution in [2.75, 3.05) is 38.5 Å². The van der Waals surface area contributed by atoms with Crippen molar-refractivity contribution < 1.29 is 36.3 Å². The van der Waals surface area contributed by atoms with Gasteiger partial charge in [0.2, 0.25) is 10.0 Å². The number of benzene rings is 1.